The SMILES string of the molecule is Cc1nc2cc3ccc4cc5nc(C)sc5cc4c3cc2s1. The number of hydrogen-bond acceptors (Lipinski definition) is 4. The molecule has 3 aromatic carbocycles. The molecule has 106 valence electrons. The average molecular weight is 320 g/mol. The number of hydrogen-bond donors (Lipinski definition) is 0. The summed E-state index contributed by atoms with van der Waals surface area (Å²) in [6, 6.07) is 13.4. The molecule has 0 unspecified atom stereocenters. The highest BCUT2D eigenvalue weighted by Crippen LogP contribution is 2.34. The zero-order valence-corrected chi connectivity index (χ0v) is 13.8. The Hall–Kier alpha value is -2.04. The van der Waals surface area contributed by atoms with E-state index in [-0.39, 0.29) is 0 Å². The van der Waals surface area contributed by atoms with E-state index in [1.165, 1.54) is 30.9 Å². The Balaban J connectivity index is 1.99. The van der Waals surface area contributed by atoms with Crippen LogP contribution in [0.15, 0.2) is 36.4 Å². The Labute approximate surface area is 135 Å². The van der Waals surface area contributed by atoms with Gasteiger partial charge in [0.15, 0.2) is 0 Å². The van der Waals surface area contributed by atoms with Crippen LogP contribution in [-0.4, -0.2) is 9.97 Å². The van der Waals surface area contributed by atoms with Gasteiger partial charge in [-0.2, -0.15) is 0 Å². The summed E-state index contributed by atoms with van der Waals surface area (Å²) in [6.45, 7) is 4.13. The fourth-order valence-corrected chi connectivity index (χ4v) is 4.83. The van der Waals surface area contributed by atoms with Crippen molar-refractivity contribution in [3.63, 3.8) is 0 Å². The van der Waals surface area contributed by atoms with E-state index in [0.717, 1.165) is 21.0 Å². The minimum Gasteiger partial charge on any atom is -0.241 e. The molecule has 0 saturated carbocycles. The minimum absolute atomic E-state index is 1.10. The molecule has 2 heterocycles. The molecule has 5 aromatic rings. The molecule has 0 amide bonds. The standard InChI is InChI=1S/C18H12N2S2/c1-9-19-15-5-11-3-4-12-6-16-18(22-10(2)20-16)8-14(12)13(11)7-17(15)21-9/h3-8H,1-2H3. The van der Waals surface area contributed by atoms with Gasteiger partial charge in [-0.15, -0.1) is 22.7 Å². The second-order valence-electron chi connectivity index (χ2n) is 5.61. The summed E-state index contributed by atoms with van der Waals surface area (Å²) in [5, 5.41) is 7.37. The van der Waals surface area contributed by atoms with E-state index in [4.69, 9.17) is 0 Å². The van der Waals surface area contributed by atoms with Crippen molar-refractivity contribution in [3.8, 4) is 0 Å². The third-order valence-electron chi connectivity index (χ3n) is 4.07. The van der Waals surface area contributed by atoms with Gasteiger partial charge in [0.25, 0.3) is 0 Å². The lowest BCUT2D eigenvalue weighted by Gasteiger charge is -2.04. The third kappa shape index (κ3) is 1.71. The molecular weight excluding hydrogens is 308 g/mol. The number of rotatable bonds is 0. The molecule has 4 heteroatoms. The first kappa shape index (κ1) is 12.5. The normalized spacial score (nSPS) is 12.1. The second-order valence-corrected chi connectivity index (χ2v) is 8.08. The molecule has 0 radical (unpaired) electrons. The van der Waals surface area contributed by atoms with Crippen molar-refractivity contribution < 1.29 is 0 Å². The molecule has 0 bridgehead atoms. The topological polar surface area (TPSA) is 25.8 Å². The molecule has 0 aliphatic heterocycles. The molecule has 0 aliphatic rings. The van der Waals surface area contributed by atoms with Gasteiger partial charge in [0, 0.05) is 0 Å². The minimum atomic E-state index is 1.10. The van der Waals surface area contributed by atoms with Crippen LogP contribution in [0.4, 0.5) is 0 Å². The smallest absolute Gasteiger partial charge is 0.0907 e. The van der Waals surface area contributed by atoms with Crippen molar-refractivity contribution >= 4 is 64.7 Å². The maximum Gasteiger partial charge on any atom is 0.0907 e. The van der Waals surface area contributed by atoms with E-state index in [1.54, 1.807) is 22.7 Å². The summed E-state index contributed by atoms with van der Waals surface area (Å²) in [5.74, 6) is 0. The first-order valence-electron chi connectivity index (χ1n) is 7.18. The van der Waals surface area contributed by atoms with Gasteiger partial charge in [-0.05, 0) is 59.7 Å². The van der Waals surface area contributed by atoms with Crippen LogP contribution in [0.1, 0.15) is 10.0 Å². The summed E-state index contributed by atoms with van der Waals surface area (Å²) in [6.07, 6.45) is 0. The Morgan fingerprint density at radius 1 is 0.682 bits per heavy atom. The van der Waals surface area contributed by atoms with Gasteiger partial charge < -0.3 is 0 Å². The molecule has 2 nitrogen and oxygen atoms in total. The molecule has 0 saturated heterocycles. The van der Waals surface area contributed by atoms with Gasteiger partial charge in [-0.1, -0.05) is 12.1 Å². The maximum atomic E-state index is 4.61. The quantitative estimate of drug-likeness (QED) is 0.335. The lowest BCUT2D eigenvalue weighted by molar-refractivity contribution is 1.35. The van der Waals surface area contributed by atoms with E-state index in [2.05, 4.69) is 60.2 Å². The summed E-state index contributed by atoms with van der Waals surface area (Å²) in [4.78, 5) is 9.21. The zero-order chi connectivity index (χ0) is 14.8. The molecule has 0 spiro atoms. The van der Waals surface area contributed by atoms with Crippen molar-refractivity contribution in [3.05, 3.63) is 46.4 Å². The van der Waals surface area contributed by atoms with Crippen molar-refractivity contribution in [2.75, 3.05) is 0 Å². The Bertz CT molecular complexity index is 1100. The van der Waals surface area contributed by atoms with E-state index in [9.17, 15) is 0 Å². The van der Waals surface area contributed by atoms with Crippen LogP contribution < -0.4 is 0 Å². The van der Waals surface area contributed by atoms with Gasteiger partial charge in [0.2, 0.25) is 0 Å². The molecule has 2 aromatic heterocycles. The Kier molecular flexibility index (Phi) is 2.41. The second kappa shape index (κ2) is 4.24. The summed E-state index contributed by atoms with van der Waals surface area (Å²) >= 11 is 3.52. The summed E-state index contributed by atoms with van der Waals surface area (Å²) in [5.41, 5.74) is 2.20. The van der Waals surface area contributed by atoms with E-state index < -0.39 is 0 Å². The number of aryl methyl sites for hydroxylation is 2. The monoisotopic (exact) mass is 320 g/mol. The molecular formula is C18H12N2S2. The van der Waals surface area contributed by atoms with Gasteiger partial charge in [0.1, 0.15) is 0 Å². The number of nitrogens with zero attached hydrogens (tertiary/aromatic N) is 2. The van der Waals surface area contributed by atoms with Crippen molar-refractivity contribution in [1.82, 2.24) is 9.97 Å². The van der Waals surface area contributed by atoms with Crippen LogP contribution in [0.5, 0.6) is 0 Å². The van der Waals surface area contributed by atoms with Crippen molar-refractivity contribution in [2.45, 2.75) is 13.8 Å². The highest BCUT2D eigenvalue weighted by Gasteiger charge is 2.08. The molecule has 0 atom stereocenters. The predicted octanol–water partition coefficient (Wildman–Crippen LogP) is 5.83. The van der Waals surface area contributed by atoms with Crippen LogP contribution in [0.2, 0.25) is 0 Å². The number of benzene rings is 3. The van der Waals surface area contributed by atoms with Crippen LogP contribution in [0.25, 0.3) is 42.0 Å². The average Bonchev–Trinajstić information content (AvgIpc) is 3.02. The third-order valence-corrected chi connectivity index (χ3v) is 5.93. The van der Waals surface area contributed by atoms with E-state index >= 15 is 0 Å². The summed E-state index contributed by atoms with van der Waals surface area (Å²) in [7, 11) is 0. The predicted molar refractivity (Wildman–Crippen MR) is 97.3 cm³/mol. The van der Waals surface area contributed by atoms with Gasteiger partial charge in [-0.3, -0.25) is 0 Å². The Morgan fingerprint density at radius 2 is 1.14 bits per heavy atom. The number of thiazole rings is 2. The summed E-state index contributed by atoms with van der Waals surface area (Å²) < 4.78 is 2.52. The molecule has 22 heavy (non-hydrogen) atoms. The number of fused-ring (bicyclic) bond motifs is 5. The molecule has 0 aliphatic carbocycles. The first-order chi connectivity index (χ1) is 10.7. The lowest BCUT2D eigenvalue weighted by atomic mass is 10.0. The molecule has 0 N–H and O–H groups in total. The van der Waals surface area contributed by atoms with E-state index in [0.29, 0.717) is 0 Å². The van der Waals surface area contributed by atoms with Gasteiger partial charge in [0.05, 0.1) is 30.4 Å². The van der Waals surface area contributed by atoms with Crippen molar-refractivity contribution in [2.24, 2.45) is 0 Å². The first-order valence-corrected chi connectivity index (χ1v) is 8.81. The fraction of sp³-hybridized carbons (Fsp3) is 0.111. The van der Waals surface area contributed by atoms with Crippen LogP contribution in [0.3, 0.4) is 0 Å². The number of aromatic nitrogens is 2. The highest BCUT2D eigenvalue weighted by molar-refractivity contribution is 7.19. The maximum absolute atomic E-state index is 4.61. The van der Waals surface area contributed by atoms with Crippen molar-refractivity contribution in [1.29, 1.82) is 0 Å². The largest absolute Gasteiger partial charge is 0.241 e. The van der Waals surface area contributed by atoms with Crippen LogP contribution in [-0.2, 0) is 0 Å². The van der Waals surface area contributed by atoms with Gasteiger partial charge >= 0.3 is 0 Å². The van der Waals surface area contributed by atoms with E-state index in [1.807, 2.05) is 0 Å². The van der Waals surface area contributed by atoms with Crippen LogP contribution in [0, 0.1) is 13.8 Å². The van der Waals surface area contributed by atoms with Gasteiger partial charge in [-0.25, -0.2) is 9.97 Å². The van der Waals surface area contributed by atoms with Crippen LogP contribution >= 0.6 is 22.7 Å². The molecule has 5 rings (SSSR count). The Morgan fingerprint density at radius 3 is 1.59 bits per heavy atom. The fourth-order valence-electron chi connectivity index (χ4n) is 3.13. The highest BCUT2D eigenvalue weighted by atomic mass is 32.1. The molecule has 0 fully saturated rings. The lowest BCUT2D eigenvalue weighted by Crippen LogP contribution is -1.79. The zero-order valence-electron chi connectivity index (χ0n) is 12.2.